The number of aromatic nitrogens is 4. The number of nitrogens with one attached hydrogen (secondary N) is 4. The third kappa shape index (κ3) is 4.78. The SMILES string of the molecule is Cl.Clc1cnc(Nc2cc(C3CC3)[nH]n2)nc1NC1CCC2(CCNCC2)CC1. The van der Waals surface area contributed by atoms with Crippen molar-refractivity contribution in [2.75, 3.05) is 23.7 Å². The van der Waals surface area contributed by atoms with Gasteiger partial charge in [-0.15, -0.1) is 12.4 Å². The number of aromatic amines is 1. The number of hydrogen-bond acceptors (Lipinski definition) is 6. The molecule has 3 heterocycles. The molecule has 1 spiro atoms. The minimum atomic E-state index is 0. The Morgan fingerprint density at radius 2 is 1.83 bits per heavy atom. The predicted octanol–water partition coefficient (Wildman–Crippen LogP) is 4.62. The summed E-state index contributed by atoms with van der Waals surface area (Å²) in [6, 6.07) is 2.47. The minimum Gasteiger partial charge on any atom is -0.366 e. The van der Waals surface area contributed by atoms with Gasteiger partial charge in [-0.25, -0.2) is 4.98 Å². The maximum atomic E-state index is 6.37. The average molecular weight is 438 g/mol. The summed E-state index contributed by atoms with van der Waals surface area (Å²) in [7, 11) is 0. The Kier molecular flexibility index (Phi) is 6.18. The van der Waals surface area contributed by atoms with Gasteiger partial charge in [-0.1, -0.05) is 11.6 Å². The Bertz CT molecular complexity index is 820. The Morgan fingerprint density at radius 1 is 1.07 bits per heavy atom. The van der Waals surface area contributed by atoms with Crippen molar-refractivity contribution in [1.29, 1.82) is 0 Å². The summed E-state index contributed by atoms with van der Waals surface area (Å²) in [5.74, 6) is 2.62. The van der Waals surface area contributed by atoms with Crippen molar-refractivity contribution in [3.8, 4) is 0 Å². The van der Waals surface area contributed by atoms with Gasteiger partial charge in [0.25, 0.3) is 0 Å². The summed E-state index contributed by atoms with van der Waals surface area (Å²) < 4.78 is 0. The lowest BCUT2D eigenvalue weighted by atomic mass is 9.67. The number of piperidine rings is 1. The molecule has 5 rings (SSSR count). The average Bonchev–Trinajstić information content (AvgIpc) is 3.46. The van der Waals surface area contributed by atoms with Gasteiger partial charge in [0, 0.05) is 23.7 Å². The van der Waals surface area contributed by atoms with Gasteiger partial charge in [-0.05, 0) is 69.9 Å². The van der Waals surface area contributed by atoms with Gasteiger partial charge in [-0.2, -0.15) is 10.1 Å². The maximum Gasteiger partial charge on any atom is 0.230 e. The van der Waals surface area contributed by atoms with Crippen LogP contribution in [0.5, 0.6) is 0 Å². The quantitative estimate of drug-likeness (QED) is 0.545. The van der Waals surface area contributed by atoms with Crippen molar-refractivity contribution in [2.45, 2.75) is 63.3 Å². The second kappa shape index (κ2) is 8.66. The largest absolute Gasteiger partial charge is 0.366 e. The molecule has 1 saturated heterocycles. The van der Waals surface area contributed by atoms with E-state index in [9.17, 15) is 0 Å². The standard InChI is InChI=1S/C20H28ClN7.ClH/c21-15-12-23-19(25-17-11-16(27-28-17)13-1-2-13)26-18(15)24-14-3-5-20(6-4-14)7-9-22-10-8-20;/h11-14,22H,1-10H2,(H3,23,24,25,26,27,28);1H. The monoisotopic (exact) mass is 437 g/mol. The van der Waals surface area contributed by atoms with Crippen molar-refractivity contribution in [2.24, 2.45) is 5.41 Å². The molecule has 3 aliphatic rings. The first-order valence-electron chi connectivity index (χ1n) is 10.5. The first-order chi connectivity index (χ1) is 13.7. The molecule has 0 bridgehead atoms. The number of hydrogen-bond donors (Lipinski definition) is 4. The van der Waals surface area contributed by atoms with Gasteiger partial charge in [0.2, 0.25) is 5.95 Å². The highest BCUT2D eigenvalue weighted by Gasteiger charge is 2.36. The summed E-state index contributed by atoms with van der Waals surface area (Å²) >= 11 is 6.37. The van der Waals surface area contributed by atoms with Crippen LogP contribution in [0.25, 0.3) is 0 Å². The smallest absolute Gasteiger partial charge is 0.230 e. The third-order valence-corrected chi connectivity index (χ3v) is 6.93. The van der Waals surface area contributed by atoms with Crippen LogP contribution in [0.1, 0.15) is 63.0 Å². The molecule has 2 aromatic heterocycles. The van der Waals surface area contributed by atoms with E-state index in [4.69, 9.17) is 11.6 Å². The van der Waals surface area contributed by atoms with Crippen LogP contribution in [-0.4, -0.2) is 39.3 Å². The van der Waals surface area contributed by atoms with Crippen LogP contribution >= 0.6 is 24.0 Å². The summed E-state index contributed by atoms with van der Waals surface area (Å²) in [4.78, 5) is 8.92. The lowest BCUT2D eigenvalue weighted by Crippen LogP contribution is -2.41. The van der Waals surface area contributed by atoms with Gasteiger partial charge in [0.15, 0.2) is 11.6 Å². The Morgan fingerprint density at radius 3 is 2.55 bits per heavy atom. The van der Waals surface area contributed by atoms with Crippen LogP contribution in [0.2, 0.25) is 5.02 Å². The molecule has 0 aromatic carbocycles. The van der Waals surface area contributed by atoms with Crippen LogP contribution in [0, 0.1) is 5.41 Å². The van der Waals surface area contributed by atoms with Crippen molar-refractivity contribution < 1.29 is 0 Å². The van der Waals surface area contributed by atoms with Gasteiger partial charge >= 0.3 is 0 Å². The molecule has 0 unspecified atom stereocenters. The van der Waals surface area contributed by atoms with E-state index in [0.717, 1.165) is 5.82 Å². The van der Waals surface area contributed by atoms with Crippen molar-refractivity contribution >= 4 is 41.6 Å². The highest BCUT2D eigenvalue weighted by molar-refractivity contribution is 6.32. The fraction of sp³-hybridized carbons (Fsp3) is 0.650. The second-order valence-electron chi connectivity index (χ2n) is 8.67. The molecule has 2 aromatic rings. The number of H-pyrrole nitrogens is 1. The fourth-order valence-corrected chi connectivity index (χ4v) is 4.82. The van der Waals surface area contributed by atoms with E-state index in [1.54, 1.807) is 6.20 Å². The molecule has 9 heteroatoms. The van der Waals surface area contributed by atoms with Gasteiger partial charge in [0.1, 0.15) is 5.02 Å². The van der Waals surface area contributed by atoms with Crippen LogP contribution in [0.15, 0.2) is 12.3 Å². The number of anilines is 3. The van der Waals surface area contributed by atoms with Gasteiger partial charge < -0.3 is 16.0 Å². The molecule has 2 aliphatic carbocycles. The Hall–Kier alpha value is -1.57. The number of halogens is 2. The molecule has 29 heavy (non-hydrogen) atoms. The Labute approximate surface area is 182 Å². The number of nitrogens with zero attached hydrogens (tertiary/aromatic N) is 3. The zero-order valence-corrected chi connectivity index (χ0v) is 18.1. The topological polar surface area (TPSA) is 90.6 Å². The van der Waals surface area contributed by atoms with Gasteiger partial charge in [-0.3, -0.25) is 5.10 Å². The molecule has 4 N–H and O–H groups in total. The van der Waals surface area contributed by atoms with E-state index in [0.29, 0.717) is 34.2 Å². The fourth-order valence-electron chi connectivity index (χ4n) is 4.67. The predicted molar refractivity (Wildman–Crippen MR) is 119 cm³/mol. The minimum absolute atomic E-state index is 0. The van der Waals surface area contributed by atoms with Crippen LogP contribution in [0.3, 0.4) is 0 Å². The molecule has 1 aliphatic heterocycles. The maximum absolute atomic E-state index is 6.37. The molecular weight excluding hydrogens is 409 g/mol. The summed E-state index contributed by atoms with van der Waals surface area (Å²) in [6.45, 7) is 2.33. The van der Waals surface area contributed by atoms with Crippen LogP contribution in [0.4, 0.5) is 17.6 Å². The summed E-state index contributed by atoms with van der Waals surface area (Å²) in [5, 5.41) is 18.2. The zero-order valence-electron chi connectivity index (χ0n) is 16.5. The molecule has 7 nitrogen and oxygen atoms in total. The van der Waals surface area contributed by atoms with Crippen molar-refractivity contribution in [3.05, 3.63) is 23.0 Å². The van der Waals surface area contributed by atoms with E-state index < -0.39 is 0 Å². The molecule has 0 amide bonds. The molecule has 3 fully saturated rings. The normalized spacial score (nSPS) is 21.6. The molecule has 0 atom stereocenters. The first-order valence-corrected chi connectivity index (χ1v) is 10.9. The molecular formula is C20H29Cl2N7. The molecule has 158 valence electrons. The number of rotatable bonds is 5. The van der Waals surface area contributed by atoms with Crippen molar-refractivity contribution in [1.82, 2.24) is 25.5 Å². The summed E-state index contributed by atoms with van der Waals surface area (Å²) in [5.41, 5.74) is 1.74. The lowest BCUT2D eigenvalue weighted by Gasteiger charge is -2.43. The Balaban J connectivity index is 0.00000205. The molecule has 0 radical (unpaired) electrons. The van der Waals surface area contributed by atoms with Crippen LogP contribution < -0.4 is 16.0 Å². The van der Waals surface area contributed by atoms with Gasteiger partial charge in [0.05, 0.1) is 6.20 Å². The van der Waals surface area contributed by atoms with E-state index in [1.807, 2.05) is 6.07 Å². The highest BCUT2D eigenvalue weighted by atomic mass is 35.5. The second-order valence-corrected chi connectivity index (χ2v) is 9.07. The zero-order chi connectivity index (χ0) is 19.0. The lowest BCUT2D eigenvalue weighted by molar-refractivity contribution is 0.128. The van der Waals surface area contributed by atoms with E-state index >= 15 is 0 Å². The van der Waals surface area contributed by atoms with Crippen LogP contribution in [-0.2, 0) is 0 Å². The van der Waals surface area contributed by atoms with Crippen molar-refractivity contribution in [3.63, 3.8) is 0 Å². The van der Waals surface area contributed by atoms with E-state index in [-0.39, 0.29) is 12.4 Å². The third-order valence-electron chi connectivity index (χ3n) is 6.65. The highest BCUT2D eigenvalue weighted by Crippen LogP contribution is 2.44. The van der Waals surface area contributed by atoms with E-state index in [1.165, 1.54) is 70.2 Å². The first kappa shape index (κ1) is 20.7. The molecule has 2 saturated carbocycles. The van der Waals surface area contributed by atoms with E-state index in [2.05, 4.69) is 36.1 Å². The summed E-state index contributed by atoms with van der Waals surface area (Å²) in [6.07, 6.45) is 11.7.